The zero-order valence-electron chi connectivity index (χ0n) is 4.13. The summed E-state index contributed by atoms with van der Waals surface area (Å²) in [4.78, 5) is 0. The Kier molecular flexibility index (Phi) is 3.54. The van der Waals surface area contributed by atoms with Gasteiger partial charge in [-0.05, 0) is 0 Å². The smallest absolute Gasteiger partial charge is 0.252 e. The lowest BCUT2D eigenvalue weighted by molar-refractivity contribution is 0.279. The lowest BCUT2D eigenvalue weighted by atomic mass is 11.8. The van der Waals surface area contributed by atoms with Crippen molar-refractivity contribution in [1.82, 2.24) is 0 Å². The molecule has 0 aromatic rings. The molecule has 0 N–H and O–H groups in total. The fourth-order valence-electron chi connectivity index (χ4n) is 0.103. The molecule has 0 radical (unpaired) electrons. The molecule has 0 aromatic carbocycles. The fourth-order valence-corrected chi connectivity index (χ4v) is 0.995. The third kappa shape index (κ3) is 3.36. The summed E-state index contributed by atoms with van der Waals surface area (Å²) in [5.41, 5.74) is -0.0802. The van der Waals surface area contributed by atoms with Gasteiger partial charge in [-0.3, -0.25) is 4.18 Å². The van der Waals surface area contributed by atoms with E-state index in [-0.39, 0.29) is 5.52 Å². The summed E-state index contributed by atoms with van der Waals surface area (Å²) >= 11 is 2.74. The lowest BCUT2D eigenvalue weighted by Gasteiger charge is -1.94. The van der Waals surface area contributed by atoms with Crippen LogP contribution >= 0.6 is 15.9 Å². The molecule has 0 amide bonds. The largest absolute Gasteiger partial charge is 0.400 e. The van der Waals surface area contributed by atoms with Gasteiger partial charge in [0.2, 0.25) is 0 Å². The molecule has 0 aliphatic heterocycles. The maximum Gasteiger partial charge on any atom is 0.400 e. The van der Waals surface area contributed by atoms with E-state index < -0.39 is 10.4 Å². The maximum atomic E-state index is 10.1. The van der Waals surface area contributed by atoms with Crippen molar-refractivity contribution in [1.29, 1.82) is 0 Å². The molecule has 0 atom stereocenters. The maximum absolute atomic E-state index is 10.1. The van der Waals surface area contributed by atoms with E-state index in [9.17, 15) is 8.42 Å². The predicted octanol–water partition coefficient (Wildman–Crippen LogP) is 0.247. The van der Waals surface area contributed by atoms with Gasteiger partial charge in [0.25, 0.3) is 0 Å². The summed E-state index contributed by atoms with van der Waals surface area (Å²) in [6.07, 6.45) is 0. The molecular formula is C2H5BrO4S. The Morgan fingerprint density at radius 3 is 2.25 bits per heavy atom. The number of halogens is 1. The standard InChI is InChI=1S/C2H5BrO4S/c1-6-8(4,5)7-2-3/h2H2,1H3. The Hall–Kier alpha value is 0.350. The highest BCUT2D eigenvalue weighted by molar-refractivity contribution is 9.09. The van der Waals surface area contributed by atoms with Crippen molar-refractivity contribution < 1.29 is 16.8 Å². The molecule has 0 saturated carbocycles. The van der Waals surface area contributed by atoms with E-state index in [4.69, 9.17) is 0 Å². The fraction of sp³-hybridized carbons (Fsp3) is 1.00. The molecule has 0 fully saturated rings. The second-order valence-electron chi connectivity index (χ2n) is 0.802. The second-order valence-corrected chi connectivity index (χ2v) is 2.65. The normalized spacial score (nSPS) is 11.8. The van der Waals surface area contributed by atoms with Crippen LogP contribution in [0.2, 0.25) is 0 Å². The van der Waals surface area contributed by atoms with Crippen LogP contribution in [0.1, 0.15) is 0 Å². The summed E-state index contributed by atoms with van der Waals surface area (Å²) in [7, 11) is -2.69. The molecule has 6 heteroatoms. The van der Waals surface area contributed by atoms with E-state index in [0.717, 1.165) is 7.11 Å². The molecule has 8 heavy (non-hydrogen) atoms. The molecule has 0 aliphatic rings. The van der Waals surface area contributed by atoms with Crippen molar-refractivity contribution in [2.75, 3.05) is 12.6 Å². The van der Waals surface area contributed by atoms with Crippen LogP contribution < -0.4 is 0 Å². The van der Waals surface area contributed by atoms with Crippen molar-refractivity contribution in [2.45, 2.75) is 0 Å². The van der Waals surface area contributed by atoms with Gasteiger partial charge in [0.05, 0.1) is 7.11 Å². The Morgan fingerprint density at radius 2 is 2.12 bits per heavy atom. The van der Waals surface area contributed by atoms with Gasteiger partial charge in [0, 0.05) is 0 Å². The molecule has 0 aromatic heterocycles. The topological polar surface area (TPSA) is 52.6 Å². The minimum absolute atomic E-state index is 0.0802. The molecule has 50 valence electrons. The Morgan fingerprint density at radius 1 is 1.62 bits per heavy atom. The Bertz CT molecular complexity index is 138. The zero-order chi connectivity index (χ0) is 6.62. The van der Waals surface area contributed by atoms with E-state index in [2.05, 4.69) is 24.3 Å². The SMILES string of the molecule is COS(=O)(=O)OCBr. The highest BCUT2D eigenvalue weighted by atomic mass is 79.9. The van der Waals surface area contributed by atoms with Gasteiger partial charge in [0.15, 0.2) is 0 Å². The van der Waals surface area contributed by atoms with Crippen LogP contribution in [0.25, 0.3) is 0 Å². The first-order valence-electron chi connectivity index (χ1n) is 1.63. The van der Waals surface area contributed by atoms with Gasteiger partial charge in [-0.25, -0.2) is 4.18 Å². The van der Waals surface area contributed by atoms with Gasteiger partial charge in [0.1, 0.15) is 5.52 Å². The van der Waals surface area contributed by atoms with Crippen LogP contribution in [0.3, 0.4) is 0 Å². The monoisotopic (exact) mass is 204 g/mol. The van der Waals surface area contributed by atoms with Crippen LogP contribution in [0.5, 0.6) is 0 Å². The van der Waals surface area contributed by atoms with Crippen molar-refractivity contribution in [3.8, 4) is 0 Å². The minimum atomic E-state index is -3.72. The second kappa shape index (κ2) is 3.39. The van der Waals surface area contributed by atoms with Crippen LogP contribution in [-0.2, 0) is 18.8 Å². The first-order chi connectivity index (χ1) is 3.62. The molecule has 0 heterocycles. The summed E-state index contributed by atoms with van der Waals surface area (Å²) in [6.45, 7) is 0. The van der Waals surface area contributed by atoms with Crippen LogP contribution in [0, 0.1) is 0 Å². The van der Waals surface area contributed by atoms with Gasteiger partial charge < -0.3 is 0 Å². The molecule has 0 rings (SSSR count). The van der Waals surface area contributed by atoms with E-state index in [1.165, 1.54) is 0 Å². The van der Waals surface area contributed by atoms with Crippen molar-refractivity contribution in [2.24, 2.45) is 0 Å². The van der Waals surface area contributed by atoms with E-state index >= 15 is 0 Å². The van der Waals surface area contributed by atoms with Crippen molar-refractivity contribution >= 4 is 26.3 Å². The van der Waals surface area contributed by atoms with Crippen molar-refractivity contribution in [3.05, 3.63) is 0 Å². The molecule has 0 aliphatic carbocycles. The third-order valence-corrected chi connectivity index (χ3v) is 1.74. The lowest BCUT2D eigenvalue weighted by Crippen LogP contribution is -2.05. The van der Waals surface area contributed by atoms with Crippen LogP contribution in [-0.4, -0.2) is 21.0 Å². The highest BCUT2D eigenvalue weighted by Crippen LogP contribution is 1.94. The third-order valence-electron chi connectivity index (χ3n) is 0.393. The van der Waals surface area contributed by atoms with Gasteiger partial charge in [-0.15, -0.1) is 0 Å². The number of hydrogen-bond acceptors (Lipinski definition) is 4. The summed E-state index contributed by atoms with van der Waals surface area (Å²) in [5.74, 6) is 0. The zero-order valence-corrected chi connectivity index (χ0v) is 6.53. The average Bonchev–Trinajstić information content (AvgIpc) is 1.67. The minimum Gasteiger partial charge on any atom is -0.252 e. The molecule has 0 bridgehead atoms. The Labute approximate surface area is 56.2 Å². The number of hydrogen-bond donors (Lipinski definition) is 0. The Balaban J connectivity index is 3.76. The summed E-state index contributed by atoms with van der Waals surface area (Å²) in [6, 6.07) is 0. The highest BCUT2D eigenvalue weighted by Gasteiger charge is 2.05. The number of alkyl halides is 1. The average molecular weight is 205 g/mol. The van der Waals surface area contributed by atoms with Gasteiger partial charge in [-0.1, -0.05) is 15.9 Å². The summed E-state index contributed by atoms with van der Waals surface area (Å²) < 4.78 is 28.2. The van der Waals surface area contributed by atoms with Gasteiger partial charge >= 0.3 is 10.4 Å². The molecule has 4 nitrogen and oxygen atoms in total. The van der Waals surface area contributed by atoms with E-state index in [1.807, 2.05) is 0 Å². The summed E-state index contributed by atoms with van der Waals surface area (Å²) in [5, 5.41) is 0. The molecular weight excluding hydrogens is 200 g/mol. The van der Waals surface area contributed by atoms with Crippen molar-refractivity contribution in [3.63, 3.8) is 0 Å². The molecule has 0 saturated heterocycles. The van der Waals surface area contributed by atoms with Gasteiger partial charge in [-0.2, -0.15) is 8.42 Å². The predicted molar refractivity (Wildman–Crippen MR) is 30.8 cm³/mol. The quantitative estimate of drug-likeness (QED) is 0.619. The van der Waals surface area contributed by atoms with E-state index in [0.29, 0.717) is 0 Å². The van der Waals surface area contributed by atoms with Crippen LogP contribution in [0.4, 0.5) is 0 Å². The first-order valence-corrected chi connectivity index (χ1v) is 4.09. The number of rotatable bonds is 3. The van der Waals surface area contributed by atoms with Crippen LogP contribution in [0.15, 0.2) is 0 Å². The molecule has 0 spiro atoms. The molecule has 0 unspecified atom stereocenters. The first kappa shape index (κ1) is 8.35. The van der Waals surface area contributed by atoms with E-state index in [1.54, 1.807) is 0 Å².